The van der Waals surface area contributed by atoms with Crippen LogP contribution in [0.4, 0.5) is 0 Å². The van der Waals surface area contributed by atoms with E-state index in [-0.39, 0.29) is 18.3 Å². The maximum atomic E-state index is 12.0. The Hall–Kier alpha value is -2.27. The van der Waals surface area contributed by atoms with Crippen molar-refractivity contribution in [3.63, 3.8) is 0 Å². The molecular weight excluding hydrogens is 264 g/mol. The molecule has 0 bridgehead atoms. The van der Waals surface area contributed by atoms with Gasteiger partial charge in [-0.2, -0.15) is 0 Å². The fourth-order valence-electron chi connectivity index (χ4n) is 1.91. The number of imidazole rings is 1. The molecule has 0 aliphatic heterocycles. The van der Waals surface area contributed by atoms with Crippen molar-refractivity contribution in [1.82, 2.24) is 20.3 Å². The molecular formula is C13H13ClN4O. The van der Waals surface area contributed by atoms with Crippen molar-refractivity contribution in [3.8, 4) is 0 Å². The molecule has 2 heterocycles. The molecule has 0 saturated carbocycles. The number of fused-ring (bicyclic) bond motifs is 1. The lowest BCUT2D eigenvalue weighted by atomic mass is 10.1. The second-order valence-corrected chi connectivity index (χ2v) is 4.01. The third kappa shape index (κ3) is 2.61. The zero-order valence-electron chi connectivity index (χ0n) is 10.0. The summed E-state index contributed by atoms with van der Waals surface area (Å²) in [6, 6.07) is 7.73. The van der Waals surface area contributed by atoms with Crippen LogP contribution in [0.3, 0.4) is 0 Å². The van der Waals surface area contributed by atoms with Crippen molar-refractivity contribution in [3.05, 3.63) is 54.2 Å². The monoisotopic (exact) mass is 276 g/mol. The Morgan fingerprint density at radius 1 is 1.26 bits per heavy atom. The van der Waals surface area contributed by atoms with Gasteiger partial charge >= 0.3 is 0 Å². The highest BCUT2D eigenvalue weighted by Crippen LogP contribution is 2.17. The average molecular weight is 277 g/mol. The Balaban J connectivity index is 0.00000133. The predicted octanol–water partition coefficient (Wildman–Crippen LogP) is 2.24. The number of nitrogens with zero attached hydrogens (tertiary/aromatic N) is 1. The number of H-pyrrole nitrogens is 2. The van der Waals surface area contributed by atoms with E-state index >= 15 is 0 Å². The van der Waals surface area contributed by atoms with E-state index in [4.69, 9.17) is 0 Å². The lowest BCUT2D eigenvalue weighted by Gasteiger charge is -2.02. The van der Waals surface area contributed by atoms with Crippen molar-refractivity contribution >= 4 is 29.2 Å². The topological polar surface area (TPSA) is 73.6 Å². The summed E-state index contributed by atoms with van der Waals surface area (Å²) in [7, 11) is 0. The zero-order chi connectivity index (χ0) is 12.4. The summed E-state index contributed by atoms with van der Waals surface area (Å²) < 4.78 is 0. The molecule has 0 aliphatic rings. The van der Waals surface area contributed by atoms with Gasteiger partial charge in [-0.15, -0.1) is 12.4 Å². The van der Waals surface area contributed by atoms with Crippen LogP contribution in [0.2, 0.25) is 0 Å². The largest absolute Gasteiger partial charge is 0.360 e. The molecule has 0 atom stereocenters. The van der Waals surface area contributed by atoms with Crippen LogP contribution >= 0.6 is 12.4 Å². The van der Waals surface area contributed by atoms with Crippen LogP contribution in [0.5, 0.6) is 0 Å². The molecule has 6 heteroatoms. The normalized spacial score (nSPS) is 10.1. The zero-order valence-corrected chi connectivity index (χ0v) is 10.8. The lowest BCUT2D eigenvalue weighted by Crippen LogP contribution is -2.22. The second-order valence-electron chi connectivity index (χ2n) is 4.01. The Bertz CT molecular complexity index is 675. The smallest absolute Gasteiger partial charge is 0.253 e. The van der Waals surface area contributed by atoms with Crippen LogP contribution < -0.4 is 5.32 Å². The SMILES string of the molecule is Cl.O=C(NCc1cnc[nH]1)c1c[nH]c2ccccc12. The molecule has 3 rings (SSSR count). The summed E-state index contributed by atoms with van der Waals surface area (Å²) in [6.07, 6.45) is 5.01. The van der Waals surface area contributed by atoms with E-state index in [9.17, 15) is 4.79 Å². The summed E-state index contributed by atoms with van der Waals surface area (Å²) in [5, 5.41) is 3.78. The molecule has 0 saturated heterocycles. The van der Waals surface area contributed by atoms with Gasteiger partial charge in [0, 0.05) is 23.3 Å². The van der Waals surface area contributed by atoms with Crippen LogP contribution in [0.25, 0.3) is 10.9 Å². The van der Waals surface area contributed by atoms with Crippen molar-refractivity contribution in [1.29, 1.82) is 0 Å². The van der Waals surface area contributed by atoms with Crippen LogP contribution in [0.15, 0.2) is 43.0 Å². The number of aromatic amines is 2. The van der Waals surface area contributed by atoms with Crippen LogP contribution in [0.1, 0.15) is 16.1 Å². The van der Waals surface area contributed by atoms with E-state index in [0.717, 1.165) is 16.6 Å². The number of hydrogen-bond donors (Lipinski definition) is 3. The first-order chi connectivity index (χ1) is 8.84. The number of rotatable bonds is 3. The lowest BCUT2D eigenvalue weighted by molar-refractivity contribution is 0.0952. The minimum atomic E-state index is -0.0953. The van der Waals surface area contributed by atoms with Crippen LogP contribution in [-0.4, -0.2) is 20.9 Å². The molecule has 3 aromatic rings. The predicted molar refractivity (Wildman–Crippen MR) is 75.3 cm³/mol. The standard InChI is InChI=1S/C13H12N4O.ClH/c18-13(16-6-9-5-14-8-17-9)11-7-15-12-4-2-1-3-10(11)12;/h1-5,7-8,15H,6H2,(H,14,17)(H,16,18);1H. The molecule has 1 aromatic carbocycles. The first kappa shape index (κ1) is 13.2. The second kappa shape index (κ2) is 5.58. The van der Waals surface area contributed by atoms with E-state index in [2.05, 4.69) is 20.3 Å². The Labute approximate surface area is 115 Å². The molecule has 0 aliphatic carbocycles. The molecule has 0 unspecified atom stereocenters. The van der Waals surface area contributed by atoms with E-state index in [0.29, 0.717) is 12.1 Å². The third-order valence-electron chi connectivity index (χ3n) is 2.83. The molecule has 0 radical (unpaired) electrons. The molecule has 19 heavy (non-hydrogen) atoms. The number of nitrogens with one attached hydrogen (secondary N) is 3. The van der Waals surface area contributed by atoms with Gasteiger partial charge in [0.1, 0.15) is 0 Å². The number of hydrogen-bond acceptors (Lipinski definition) is 2. The van der Waals surface area contributed by atoms with Crippen LogP contribution in [0, 0.1) is 0 Å². The summed E-state index contributed by atoms with van der Waals surface area (Å²) in [4.78, 5) is 22.0. The van der Waals surface area contributed by atoms with Crippen molar-refractivity contribution < 1.29 is 4.79 Å². The van der Waals surface area contributed by atoms with Gasteiger partial charge in [0.15, 0.2) is 0 Å². The van der Waals surface area contributed by atoms with Gasteiger partial charge < -0.3 is 15.3 Å². The van der Waals surface area contributed by atoms with E-state index in [1.54, 1.807) is 18.7 Å². The van der Waals surface area contributed by atoms with Gasteiger partial charge in [0.2, 0.25) is 0 Å². The van der Waals surface area contributed by atoms with Crippen molar-refractivity contribution in [2.75, 3.05) is 0 Å². The van der Waals surface area contributed by atoms with Gasteiger partial charge in [-0.1, -0.05) is 18.2 Å². The van der Waals surface area contributed by atoms with Crippen molar-refractivity contribution in [2.45, 2.75) is 6.54 Å². The Morgan fingerprint density at radius 3 is 2.89 bits per heavy atom. The Kier molecular flexibility index (Phi) is 3.87. The maximum Gasteiger partial charge on any atom is 0.253 e. The third-order valence-corrected chi connectivity index (χ3v) is 2.83. The highest BCUT2D eigenvalue weighted by Gasteiger charge is 2.11. The molecule has 0 fully saturated rings. The number of benzene rings is 1. The van der Waals surface area contributed by atoms with Crippen LogP contribution in [-0.2, 0) is 6.54 Å². The number of carbonyl (C=O) groups excluding carboxylic acids is 1. The van der Waals surface area contributed by atoms with Gasteiger partial charge in [0.25, 0.3) is 5.91 Å². The fourth-order valence-corrected chi connectivity index (χ4v) is 1.91. The molecule has 3 N–H and O–H groups in total. The number of halogens is 1. The molecule has 1 amide bonds. The molecule has 5 nitrogen and oxygen atoms in total. The highest BCUT2D eigenvalue weighted by molar-refractivity contribution is 6.06. The number of para-hydroxylation sites is 1. The number of amides is 1. The minimum Gasteiger partial charge on any atom is -0.360 e. The molecule has 98 valence electrons. The quantitative estimate of drug-likeness (QED) is 0.686. The Morgan fingerprint density at radius 2 is 2.11 bits per heavy atom. The van der Waals surface area contributed by atoms with Gasteiger partial charge in [-0.25, -0.2) is 4.98 Å². The summed E-state index contributed by atoms with van der Waals surface area (Å²) in [6.45, 7) is 0.443. The highest BCUT2D eigenvalue weighted by atomic mass is 35.5. The number of aromatic nitrogens is 3. The average Bonchev–Trinajstić information content (AvgIpc) is 3.05. The summed E-state index contributed by atoms with van der Waals surface area (Å²) in [5.41, 5.74) is 2.50. The van der Waals surface area contributed by atoms with E-state index in [1.165, 1.54) is 0 Å². The maximum absolute atomic E-state index is 12.0. The molecule has 0 spiro atoms. The van der Waals surface area contributed by atoms with Gasteiger partial charge in [-0.3, -0.25) is 4.79 Å². The fraction of sp³-hybridized carbons (Fsp3) is 0.0769. The van der Waals surface area contributed by atoms with Gasteiger partial charge in [-0.05, 0) is 6.07 Å². The van der Waals surface area contributed by atoms with Crippen molar-refractivity contribution in [2.24, 2.45) is 0 Å². The first-order valence-electron chi connectivity index (χ1n) is 5.66. The summed E-state index contributed by atoms with van der Waals surface area (Å²) in [5.74, 6) is -0.0953. The van der Waals surface area contributed by atoms with E-state index in [1.807, 2.05) is 24.3 Å². The van der Waals surface area contributed by atoms with Gasteiger partial charge in [0.05, 0.1) is 24.1 Å². The minimum absolute atomic E-state index is 0. The first-order valence-corrected chi connectivity index (χ1v) is 5.66. The summed E-state index contributed by atoms with van der Waals surface area (Å²) >= 11 is 0. The molecule has 2 aromatic heterocycles. The van der Waals surface area contributed by atoms with E-state index < -0.39 is 0 Å². The number of carbonyl (C=O) groups is 1.